The molecule has 0 saturated heterocycles. The summed E-state index contributed by atoms with van der Waals surface area (Å²) in [4.78, 5) is 22.7. The number of aryl methyl sites for hydroxylation is 2. The summed E-state index contributed by atoms with van der Waals surface area (Å²) < 4.78 is 5.35. The van der Waals surface area contributed by atoms with Gasteiger partial charge in [-0.25, -0.2) is 9.97 Å². The summed E-state index contributed by atoms with van der Waals surface area (Å²) in [6.45, 7) is 5.17. The van der Waals surface area contributed by atoms with E-state index in [4.69, 9.17) is 4.74 Å². The van der Waals surface area contributed by atoms with Crippen molar-refractivity contribution in [1.29, 1.82) is 0 Å². The van der Waals surface area contributed by atoms with Crippen molar-refractivity contribution in [2.45, 2.75) is 26.7 Å². The maximum Gasteiger partial charge on any atom is 0.277 e. The van der Waals surface area contributed by atoms with Crippen molar-refractivity contribution in [2.75, 3.05) is 18.1 Å². The smallest absolute Gasteiger partial charge is 0.277 e. The molecule has 5 heteroatoms. The van der Waals surface area contributed by atoms with Gasteiger partial charge in [0.25, 0.3) is 5.91 Å². The Bertz CT molecular complexity index is 700. The minimum Gasteiger partial charge on any atom is -0.478 e. The molecule has 2 heterocycles. The number of amides is 1. The Morgan fingerprint density at radius 1 is 1.32 bits per heavy atom. The SMILES string of the molecule is CCOc1cc(C(=O)N2CCCc3cc(C)ccc32)ncn1. The first-order chi connectivity index (χ1) is 10.7. The van der Waals surface area contributed by atoms with Gasteiger partial charge in [0.1, 0.15) is 12.0 Å². The summed E-state index contributed by atoms with van der Waals surface area (Å²) in [7, 11) is 0. The van der Waals surface area contributed by atoms with Crippen molar-refractivity contribution >= 4 is 11.6 Å². The van der Waals surface area contributed by atoms with Crippen LogP contribution in [0.1, 0.15) is 35.0 Å². The van der Waals surface area contributed by atoms with Crippen LogP contribution in [0.2, 0.25) is 0 Å². The van der Waals surface area contributed by atoms with Gasteiger partial charge in [0, 0.05) is 18.3 Å². The number of carbonyl (C=O) groups is 1. The van der Waals surface area contributed by atoms with Gasteiger partial charge in [0.15, 0.2) is 0 Å². The maximum atomic E-state index is 12.8. The van der Waals surface area contributed by atoms with Crippen LogP contribution in [0.5, 0.6) is 5.88 Å². The van der Waals surface area contributed by atoms with E-state index in [1.807, 2.05) is 19.1 Å². The van der Waals surface area contributed by atoms with Gasteiger partial charge >= 0.3 is 0 Å². The first-order valence-electron chi connectivity index (χ1n) is 7.55. The zero-order valence-electron chi connectivity index (χ0n) is 12.9. The number of rotatable bonds is 3. The first-order valence-corrected chi connectivity index (χ1v) is 7.55. The largest absolute Gasteiger partial charge is 0.478 e. The van der Waals surface area contributed by atoms with Gasteiger partial charge in [-0.3, -0.25) is 4.79 Å². The molecule has 1 aromatic carbocycles. The minimum atomic E-state index is -0.104. The van der Waals surface area contributed by atoms with Crippen molar-refractivity contribution in [3.05, 3.63) is 47.4 Å². The number of nitrogens with zero attached hydrogens (tertiary/aromatic N) is 3. The summed E-state index contributed by atoms with van der Waals surface area (Å²) in [5.41, 5.74) is 3.79. The predicted octanol–water partition coefficient (Wildman–Crippen LogP) is 2.78. The van der Waals surface area contributed by atoms with Crippen molar-refractivity contribution < 1.29 is 9.53 Å². The lowest BCUT2D eigenvalue weighted by atomic mass is 9.99. The lowest BCUT2D eigenvalue weighted by Gasteiger charge is -2.29. The Labute approximate surface area is 130 Å². The Hall–Kier alpha value is -2.43. The Morgan fingerprint density at radius 2 is 2.18 bits per heavy atom. The topological polar surface area (TPSA) is 55.3 Å². The normalized spacial score (nSPS) is 13.6. The standard InChI is InChI=1S/C17H19N3O2/c1-3-22-16-10-14(18-11-19-16)17(21)20-8-4-5-13-9-12(2)6-7-15(13)20/h6-7,9-11H,3-5,8H2,1-2H3. The van der Waals surface area contributed by atoms with Gasteiger partial charge in [0.2, 0.25) is 5.88 Å². The van der Waals surface area contributed by atoms with Gasteiger partial charge in [0.05, 0.1) is 6.61 Å². The van der Waals surface area contributed by atoms with E-state index in [0.29, 0.717) is 24.7 Å². The molecule has 5 nitrogen and oxygen atoms in total. The van der Waals surface area contributed by atoms with Crippen molar-refractivity contribution in [2.24, 2.45) is 0 Å². The molecule has 3 rings (SSSR count). The molecule has 0 radical (unpaired) electrons. The van der Waals surface area contributed by atoms with Gasteiger partial charge < -0.3 is 9.64 Å². The fourth-order valence-electron chi connectivity index (χ4n) is 2.76. The number of aromatic nitrogens is 2. The molecule has 1 aromatic heterocycles. The molecule has 0 fully saturated rings. The molecular weight excluding hydrogens is 278 g/mol. The van der Waals surface area contributed by atoms with Gasteiger partial charge in [-0.05, 0) is 38.3 Å². The fourth-order valence-corrected chi connectivity index (χ4v) is 2.76. The van der Waals surface area contributed by atoms with Crippen LogP contribution in [0, 0.1) is 6.92 Å². The minimum absolute atomic E-state index is 0.104. The highest BCUT2D eigenvalue weighted by Gasteiger charge is 2.24. The summed E-state index contributed by atoms with van der Waals surface area (Å²) in [5.74, 6) is 0.329. The lowest BCUT2D eigenvalue weighted by Crippen LogP contribution is -2.36. The third-order valence-corrected chi connectivity index (χ3v) is 3.75. The highest BCUT2D eigenvalue weighted by molar-refractivity contribution is 6.05. The summed E-state index contributed by atoms with van der Waals surface area (Å²) in [6.07, 6.45) is 3.35. The highest BCUT2D eigenvalue weighted by atomic mass is 16.5. The summed E-state index contributed by atoms with van der Waals surface area (Å²) in [5, 5.41) is 0. The molecule has 0 unspecified atom stereocenters. The first kappa shape index (κ1) is 14.5. The van der Waals surface area contributed by atoms with E-state index in [2.05, 4.69) is 23.0 Å². The number of anilines is 1. The molecule has 1 aliphatic rings. The van der Waals surface area contributed by atoms with E-state index >= 15 is 0 Å². The number of fused-ring (bicyclic) bond motifs is 1. The molecule has 0 aliphatic carbocycles. The molecule has 0 N–H and O–H groups in total. The number of ether oxygens (including phenoxy) is 1. The van der Waals surface area contributed by atoms with E-state index in [1.54, 1.807) is 11.0 Å². The second kappa shape index (κ2) is 6.13. The molecule has 0 bridgehead atoms. The lowest BCUT2D eigenvalue weighted by molar-refractivity contribution is 0.0979. The van der Waals surface area contributed by atoms with Crippen molar-refractivity contribution in [1.82, 2.24) is 9.97 Å². The number of hydrogen-bond donors (Lipinski definition) is 0. The molecule has 1 amide bonds. The quantitative estimate of drug-likeness (QED) is 0.874. The van der Waals surface area contributed by atoms with E-state index in [-0.39, 0.29) is 5.91 Å². The molecular formula is C17H19N3O2. The average molecular weight is 297 g/mol. The van der Waals surface area contributed by atoms with Crippen LogP contribution in [0.4, 0.5) is 5.69 Å². The van der Waals surface area contributed by atoms with Gasteiger partial charge in [-0.15, -0.1) is 0 Å². The summed E-state index contributed by atoms with van der Waals surface area (Å²) >= 11 is 0. The maximum absolute atomic E-state index is 12.8. The number of carbonyl (C=O) groups excluding carboxylic acids is 1. The average Bonchev–Trinajstić information content (AvgIpc) is 2.54. The van der Waals surface area contributed by atoms with Crippen LogP contribution >= 0.6 is 0 Å². The van der Waals surface area contributed by atoms with E-state index < -0.39 is 0 Å². The number of hydrogen-bond acceptors (Lipinski definition) is 4. The van der Waals surface area contributed by atoms with Crippen molar-refractivity contribution in [3.8, 4) is 5.88 Å². The van der Waals surface area contributed by atoms with E-state index in [0.717, 1.165) is 18.5 Å². The van der Waals surface area contributed by atoms with Crippen LogP contribution < -0.4 is 9.64 Å². The Morgan fingerprint density at radius 3 is 3.00 bits per heavy atom. The molecule has 2 aromatic rings. The Balaban J connectivity index is 1.92. The molecule has 0 atom stereocenters. The third kappa shape index (κ3) is 2.79. The van der Waals surface area contributed by atoms with Crippen LogP contribution in [0.25, 0.3) is 0 Å². The fraction of sp³-hybridized carbons (Fsp3) is 0.353. The van der Waals surface area contributed by atoms with Crippen LogP contribution in [-0.4, -0.2) is 29.0 Å². The molecule has 22 heavy (non-hydrogen) atoms. The van der Waals surface area contributed by atoms with Crippen molar-refractivity contribution in [3.63, 3.8) is 0 Å². The monoisotopic (exact) mass is 297 g/mol. The predicted molar refractivity (Wildman–Crippen MR) is 84.4 cm³/mol. The zero-order chi connectivity index (χ0) is 15.5. The molecule has 0 spiro atoms. The van der Waals surface area contributed by atoms with Gasteiger partial charge in [-0.1, -0.05) is 17.7 Å². The van der Waals surface area contributed by atoms with Crippen LogP contribution in [0.3, 0.4) is 0 Å². The van der Waals surface area contributed by atoms with Crippen LogP contribution in [0.15, 0.2) is 30.6 Å². The van der Waals surface area contributed by atoms with Crippen LogP contribution in [-0.2, 0) is 6.42 Å². The molecule has 0 saturated carbocycles. The van der Waals surface area contributed by atoms with E-state index in [1.165, 1.54) is 17.5 Å². The second-order valence-electron chi connectivity index (χ2n) is 5.37. The highest BCUT2D eigenvalue weighted by Crippen LogP contribution is 2.29. The number of benzene rings is 1. The second-order valence-corrected chi connectivity index (χ2v) is 5.37. The van der Waals surface area contributed by atoms with Gasteiger partial charge in [-0.2, -0.15) is 0 Å². The molecule has 1 aliphatic heterocycles. The molecule has 114 valence electrons. The Kier molecular flexibility index (Phi) is 4.04. The third-order valence-electron chi connectivity index (χ3n) is 3.75. The summed E-state index contributed by atoms with van der Waals surface area (Å²) in [6, 6.07) is 7.82. The van der Waals surface area contributed by atoms with E-state index in [9.17, 15) is 4.79 Å². The zero-order valence-corrected chi connectivity index (χ0v) is 12.9.